The summed E-state index contributed by atoms with van der Waals surface area (Å²) in [7, 11) is -17.0. The number of rotatable bonds is 9. The molecule has 18 heteroatoms. The summed E-state index contributed by atoms with van der Waals surface area (Å²) in [6.45, 7) is 4.28. The molecule has 2 rings (SSSR count). The van der Waals surface area contributed by atoms with Gasteiger partial charge in [0, 0.05) is 6.04 Å². The third-order valence-electron chi connectivity index (χ3n) is 4.87. The fourth-order valence-electron chi connectivity index (χ4n) is 3.44. The Morgan fingerprint density at radius 1 is 1.03 bits per heavy atom. The van der Waals surface area contributed by atoms with Crippen LogP contribution in [0.2, 0.25) is 6.32 Å². The molecule has 1 saturated heterocycles. The minimum atomic E-state index is -6.29. The standard InChI is InChI=1S/C16H21B2F6NO7S2/c1-4-5-11-17(31-33(26,27)15(19,20)21)25-13(12-9-7-6-8-10-12)14(2,3)30-18(25)32-34(28,29)16(22,23)24/h6-10,13H,4-5,11H2,1-3H3/t13-/m1/s1. The normalized spacial score (nSPS) is 20.0. The second kappa shape index (κ2) is 9.97. The summed E-state index contributed by atoms with van der Waals surface area (Å²) in [5, 5.41) is 0. The molecule has 192 valence electrons. The molecule has 1 aliphatic rings. The van der Waals surface area contributed by atoms with Crippen molar-refractivity contribution in [1.29, 1.82) is 0 Å². The summed E-state index contributed by atoms with van der Waals surface area (Å²) in [6, 6.07) is 6.26. The van der Waals surface area contributed by atoms with Crippen molar-refractivity contribution in [1.82, 2.24) is 4.72 Å². The second-order valence-electron chi connectivity index (χ2n) is 7.88. The van der Waals surface area contributed by atoms with Crippen LogP contribution >= 0.6 is 0 Å². The van der Waals surface area contributed by atoms with Gasteiger partial charge in [0.05, 0.1) is 5.60 Å². The zero-order valence-corrected chi connectivity index (χ0v) is 19.8. The molecule has 1 aromatic rings. The molecule has 0 N–H and O–H groups in total. The van der Waals surface area contributed by atoms with Gasteiger partial charge in [0.1, 0.15) is 0 Å². The van der Waals surface area contributed by atoms with Gasteiger partial charge in [0.15, 0.2) is 0 Å². The van der Waals surface area contributed by atoms with Gasteiger partial charge in [0.2, 0.25) is 0 Å². The van der Waals surface area contributed by atoms with Gasteiger partial charge >= 0.3 is 45.6 Å². The van der Waals surface area contributed by atoms with Crippen molar-refractivity contribution in [2.24, 2.45) is 0 Å². The molecule has 0 aliphatic carbocycles. The molecule has 0 radical (unpaired) electrons. The SMILES string of the molecule is CCCCB(OS(=O)(=O)C(F)(F)F)N1B(OS(=O)(=O)C(F)(F)F)OC(C)(C)[C@H]1c1ccccc1. The van der Waals surface area contributed by atoms with Crippen LogP contribution in [0.3, 0.4) is 0 Å². The first kappa shape index (κ1) is 28.9. The van der Waals surface area contributed by atoms with Gasteiger partial charge in [-0.25, -0.2) is 0 Å². The maximum atomic E-state index is 13.1. The van der Waals surface area contributed by atoms with Crippen molar-refractivity contribution in [3.8, 4) is 0 Å². The van der Waals surface area contributed by atoms with Gasteiger partial charge < -0.3 is 8.75 Å². The Bertz CT molecular complexity index is 1050. The van der Waals surface area contributed by atoms with E-state index in [0.717, 1.165) is 0 Å². The lowest BCUT2D eigenvalue weighted by Crippen LogP contribution is -2.53. The molecule has 34 heavy (non-hydrogen) atoms. The van der Waals surface area contributed by atoms with Gasteiger partial charge in [0.25, 0.3) is 0 Å². The molecule has 0 saturated carbocycles. The van der Waals surface area contributed by atoms with E-state index in [-0.39, 0.29) is 12.0 Å². The Labute approximate surface area is 194 Å². The summed E-state index contributed by atoms with van der Waals surface area (Å²) >= 11 is 0. The third-order valence-corrected chi connectivity index (χ3v) is 6.90. The van der Waals surface area contributed by atoms with Crippen LogP contribution in [0.1, 0.15) is 45.2 Å². The Balaban J connectivity index is 2.66. The van der Waals surface area contributed by atoms with Crippen LogP contribution in [-0.2, 0) is 33.1 Å². The van der Waals surface area contributed by atoms with Crippen molar-refractivity contribution in [3.05, 3.63) is 35.9 Å². The summed E-state index contributed by atoms with van der Waals surface area (Å²) in [5.41, 5.74) is -13.0. The van der Waals surface area contributed by atoms with E-state index < -0.39 is 63.5 Å². The number of unbranched alkanes of at least 4 members (excludes halogenated alkanes) is 1. The highest BCUT2D eigenvalue weighted by Crippen LogP contribution is 2.45. The molecule has 0 aromatic heterocycles. The molecule has 1 atom stereocenters. The lowest BCUT2D eigenvalue weighted by molar-refractivity contribution is -0.0513. The summed E-state index contributed by atoms with van der Waals surface area (Å²) in [5.74, 6) is 0. The highest BCUT2D eigenvalue weighted by atomic mass is 32.2. The predicted molar refractivity (Wildman–Crippen MR) is 110 cm³/mol. The fourth-order valence-corrected chi connectivity index (χ4v) is 4.50. The molecule has 1 fully saturated rings. The van der Waals surface area contributed by atoms with E-state index in [1.54, 1.807) is 13.0 Å². The fraction of sp³-hybridized carbons (Fsp3) is 0.625. The Morgan fingerprint density at radius 2 is 1.56 bits per heavy atom. The number of benzene rings is 1. The van der Waals surface area contributed by atoms with E-state index in [0.29, 0.717) is 11.1 Å². The molecule has 0 amide bonds. The van der Waals surface area contributed by atoms with Crippen LogP contribution in [0, 0.1) is 0 Å². The van der Waals surface area contributed by atoms with E-state index in [9.17, 15) is 43.2 Å². The molecule has 0 unspecified atom stereocenters. The first-order valence-electron chi connectivity index (χ1n) is 9.83. The Morgan fingerprint density at radius 3 is 2.03 bits per heavy atom. The lowest BCUT2D eigenvalue weighted by atomic mass is 9.67. The van der Waals surface area contributed by atoms with E-state index in [2.05, 4.69) is 8.20 Å². The molecular weight excluding hydrogens is 518 g/mol. The second-order valence-corrected chi connectivity index (χ2v) is 11.0. The van der Waals surface area contributed by atoms with Crippen molar-refractivity contribution in [3.63, 3.8) is 0 Å². The van der Waals surface area contributed by atoms with Gasteiger partial charge in [-0.2, -0.15) is 43.2 Å². The maximum absolute atomic E-state index is 13.1. The number of hydrogen-bond donors (Lipinski definition) is 0. The van der Waals surface area contributed by atoms with Crippen molar-refractivity contribution in [2.45, 2.75) is 62.6 Å². The quantitative estimate of drug-likeness (QED) is 0.265. The first-order chi connectivity index (χ1) is 15.3. The molecule has 1 aromatic carbocycles. The van der Waals surface area contributed by atoms with Crippen LogP contribution in [0.5, 0.6) is 0 Å². The Hall–Kier alpha value is -1.33. The van der Waals surface area contributed by atoms with E-state index >= 15 is 0 Å². The smallest absolute Gasteiger partial charge is 0.390 e. The van der Waals surface area contributed by atoms with Crippen LogP contribution in [0.25, 0.3) is 0 Å². The molecule has 0 bridgehead atoms. The largest absolute Gasteiger partial charge is 0.564 e. The molecular formula is C16H21B2F6NO7S2. The van der Waals surface area contributed by atoms with Gasteiger partial charge in [-0.05, 0) is 25.7 Å². The minimum Gasteiger partial charge on any atom is -0.390 e. The topological polar surface area (TPSA) is 99.2 Å². The third kappa shape index (κ3) is 6.26. The summed E-state index contributed by atoms with van der Waals surface area (Å²) < 4.78 is 140. The number of alkyl halides is 6. The van der Waals surface area contributed by atoms with Gasteiger partial charge in [-0.15, -0.1) is 0 Å². The van der Waals surface area contributed by atoms with Crippen molar-refractivity contribution >= 4 is 34.5 Å². The van der Waals surface area contributed by atoms with Crippen LogP contribution < -0.4 is 0 Å². The maximum Gasteiger partial charge on any atom is 0.564 e. The summed E-state index contributed by atoms with van der Waals surface area (Å²) in [4.78, 5) is 0. The van der Waals surface area contributed by atoms with Gasteiger partial charge in [-0.3, -0.25) is 8.82 Å². The van der Waals surface area contributed by atoms with E-state index in [1.807, 2.05) is 0 Å². The van der Waals surface area contributed by atoms with Crippen LogP contribution in [-0.4, -0.2) is 52.5 Å². The molecule has 1 heterocycles. The zero-order chi connectivity index (χ0) is 26.2. The molecule has 1 aliphatic heterocycles. The van der Waals surface area contributed by atoms with Gasteiger partial charge in [-0.1, -0.05) is 50.1 Å². The van der Waals surface area contributed by atoms with E-state index in [1.165, 1.54) is 38.1 Å². The predicted octanol–water partition coefficient (Wildman–Crippen LogP) is 3.84. The Kier molecular flexibility index (Phi) is 8.47. The van der Waals surface area contributed by atoms with E-state index in [4.69, 9.17) is 4.65 Å². The van der Waals surface area contributed by atoms with Crippen molar-refractivity contribution < 1.29 is 56.0 Å². The van der Waals surface area contributed by atoms with Crippen LogP contribution in [0.15, 0.2) is 30.3 Å². The minimum absolute atomic E-state index is 0.0786. The first-order valence-corrected chi connectivity index (χ1v) is 12.6. The van der Waals surface area contributed by atoms with Crippen molar-refractivity contribution in [2.75, 3.05) is 0 Å². The van der Waals surface area contributed by atoms with Crippen LogP contribution in [0.4, 0.5) is 26.3 Å². The lowest BCUT2D eigenvalue weighted by Gasteiger charge is -2.35. The number of nitrogens with zero attached hydrogens (tertiary/aromatic N) is 1. The molecule has 0 spiro atoms. The highest BCUT2D eigenvalue weighted by Gasteiger charge is 2.62. The summed E-state index contributed by atoms with van der Waals surface area (Å²) in [6.07, 6.45) is -0.0118. The number of halogens is 6. The average molecular weight is 539 g/mol. The average Bonchev–Trinajstić information content (AvgIpc) is 2.93. The monoisotopic (exact) mass is 539 g/mol. The molecule has 8 nitrogen and oxygen atoms in total. The number of hydrogen-bond acceptors (Lipinski definition) is 8. The zero-order valence-electron chi connectivity index (χ0n) is 18.1. The highest BCUT2D eigenvalue weighted by molar-refractivity contribution is 7.88.